The summed E-state index contributed by atoms with van der Waals surface area (Å²) < 4.78 is 18.7. The van der Waals surface area contributed by atoms with Gasteiger partial charge >= 0.3 is 0 Å². The van der Waals surface area contributed by atoms with Crippen molar-refractivity contribution in [1.29, 1.82) is 0 Å². The molecule has 0 saturated carbocycles. The average molecular weight is 357 g/mol. The van der Waals surface area contributed by atoms with Crippen LogP contribution in [0.1, 0.15) is 6.92 Å². The highest BCUT2D eigenvalue weighted by Crippen LogP contribution is 2.32. The van der Waals surface area contributed by atoms with Crippen molar-refractivity contribution in [3.8, 4) is 17.0 Å². The molecule has 3 aromatic rings. The van der Waals surface area contributed by atoms with E-state index >= 15 is 0 Å². The van der Waals surface area contributed by atoms with Crippen LogP contribution in [0.4, 0.5) is 15.2 Å². The molecule has 1 atom stereocenters. The van der Waals surface area contributed by atoms with Gasteiger partial charge in [0.15, 0.2) is 11.2 Å². The highest BCUT2D eigenvalue weighted by Gasteiger charge is 2.18. The second-order valence-electron chi connectivity index (χ2n) is 5.32. The molecule has 1 aromatic heterocycles. The number of hydrogen-bond acceptors (Lipinski definition) is 5. The molecule has 3 N–H and O–H groups in total. The highest BCUT2D eigenvalue weighted by molar-refractivity contribution is 7.13. The second-order valence-corrected chi connectivity index (χ2v) is 6.21. The van der Waals surface area contributed by atoms with Crippen LogP contribution >= 0.6 is 11.3 Å². The van der Waals surface area contributed by atoms with Gasteiger partial charge in [0.25, 0.3) is 5.91 Å². The van der Waals surface area contributed by atoms with E-state index in [4.69, 9.17) is 10.5 Å². The van der Waals surface area contributed by atoms with Crippen LogP contribution in [0.2, 0.25) is 0 Å². The van der Waals surface area contributed by atoms with Gasteiger partial charge in [-0.25, -0.2) is 9.37 Å². The molecular weight excluding hydrogens is 341 g/mol. The molecule has 25 heavy (non-hydrogen) atoms. The Hall–Kier alpha value is -2.93. The number of ether oxygens (including phenoxy) is 1. The molecule has 5 nitrogen and oxygen atoms in total. The predicted octanol–water partition coefficient (Wildman–Crippen LogP) is 3.94. The molecule has 1 heterocycles. The SMILES string of the molecule is CC(Oc1ccccc1-c1csc(N)n1)C(=O)Nc1ccc(F)cc1. The third-order valence-corrected chi connectivity index (χ3v) is 4.14. The molecule has 7 heteroatoms. The number of hydrogen-bond donors (Lipinski definition) is 2. The van der Waals surface area contributed by atoms with E-state index in [2.05, 4.69) is 10.3 Å². The third-order valence-electron chi connectivity index (χ3n) is 3.47. The predicted molar refractivity (Wildman–Crippen MR) is 97.1 cm³/mol. The standard InChI is InChI=1S/C18H16FN3O2S/c1-11(17(23)21-13-8-6-12(19)7-9-13)24-16-5-3-2-4-14(16)15-10-25-18(20)22-15/h2-11H,1H3,(H2,20,22)(H,21,23). The zero-order valence-electron chi connectivity index (χ0n) is 13.4. The van der Waals surface area contributed by atoms with Gasteiger partial charge < -0.3 is 15.8 Å². The van der Waals surface area contributed by atoms with E-state index < -0.39 is 6.10 Å². The summed E-state index contributed by atoms with van der Waals surface area (Å²) in [5.74, 6) is -0.160. The number of anilines is 2. The molecule has 1 unspecified atom stereocenters. The Morgan fingerprint density at radius 3 is 2.64 bits per heavy atom. The van der Waals surface area contributed by atoms with Gasteiger partial charge in [-0.1, -0.05) is 12.1 Å². The van der Waals surface area contributed by atoms with Crippen molar-refractivity contribution in [1.82, 2.24) is 4.98 Å². The van der Waals surface area contributed by atoms with Crippen molar-refractivity contribution in [3.05, 3.63) is 59.7 Å². The van der Waals surface area contributed by atoms with Crippen LogP contribution in [-0.2, 0) is 4.79 Å². The van der Waals surface area contributed by atoms with Crippen molar-refractivity contribution in [2.75, 3.05) is 11.1 Å². The number of amides is 1. The number of carbonyl (C=O) groups is 1. The Kier molecular flexibility index (Phi) is 4.95. The summed E-state index contributed by atoms with van der Waals surface area (Å²) in [6.45, 7) is 1.64. The van der Waals surface area contributed by atoms with Crippen molar-refractivity contribution >= 4 is 28.1 Å². The molecule has 0 saturated heterocycles. The number of aromatic nitrogens is 1. The maximum Gasteiger partial charge on any atom is 0.265 e. The van der Waals surface area contributed by atoms with Crippen molar-refractivity contribution in [2.45, 2.75) is 13.0 Å². The molecule has 0 aliphatic heterocycles. The number of nitrogens with zero attached hydrogens (tertiary/aromatic N) is 1. The lowest BCUT2D eigenvalue weighted by atomic mass is 10.1. The lowest BCUT2D eigenvalue weighted by molar-refractivity contribution is -0.122. The first-order chi connectivity index (χ1) is 12.0. The summed E-state index contributed by atoms with van der Waals surface area (Å²) in [5.41, 5.74) is 7.65. The Balaban J connectivity index is 1.73. The topological polar surface area (TPSA) is 77.2 Å². The molecule has 0 bridgehead atoms. The Labute approximate surface area is 148 Å². The molecule has 0 aliphatic carbocycles. The van der Waals surface area contributed by atoms with Gasteiger partial charge in [0.1, 0.15) is 11.6 Å². The normalized spacial score (nSPS) is 11.8. The van der Waals surface area contributed by atoms with E-state index in [9.17, 15) is 9.18 Å². The van der Waals surface area contributed by atoms with Gasteiger partial charge in [-0.3, -0.25) is 4.79 Å². The summed E-state index contributed by atoms with van der Waals surface area (Å²) in [6.07, 6.45) is -0.748. The first kappa shape index (κ1) is 16.9. The minimum Gasteiger partial charge on any atom is -0.480 e. The third kappa shape index (κ3) is 4.13. The molecule has 0 spiro atoms. The van der Waals surface area contributed by atoms with E-state index in [1.807, 2.05) is 23.6 Å². The molecule has 2 aromatic carbocycles. The quantitative estimate of drug-likeness (QED) is 0.725. The fourth-order valence-electron chi connectivity index (χ4n) is 2.21. The Morgan fingerprint density at radius 2 is 1.96 bits per heavy atom. The number of carbonyl (C=O) groups excluding carboxylic acids is 1. The summed E-state index contributed by atoms with van der Waals surface area (Å²) >= 11 is 1.34. The van der Waals surface area contributed by atoms with Gasteiger partial charge in [0, 0.05) is 16.6 Å². The summed E-state index contributed by atoms with van der Waals surface area (Å²) in [7, 11) is 0. The van der Waals surface area contributed by atoms with Gasteiger partial charge in [-0.2, -0.15) is 0 Å². The lowest BCUT2D eigenvalue weighted by Crippen LogP contribution is -2.30. The Bertz CT molecular complexity index is 880. The number of rotatable bonds is 5. The number of halogens is 1. The lowest BCUT2D eigenvalue weighted by Gasteiger charge is -2.16. The number of benzene rings is 2. The van der Waals surface area contributed by atoms with Gasteiger partial charge in [0.05, 0.1) is 5.69 Å². The van der Waals surface area contributed by atoms with Crippen molar-refractivity contribution in [3.63, 3.8) is 0 Å². The first-order valence-corrected chi connectivity index (χ1v) is 8.44. The van der Waals surface area contributed by atoms with E-state index in [1.165, 1.54) is 35.6 Å². The monoisotopic (exact) mass is 357 g/mol. The van der Waals surface area contributed by atoms with Crippen LogP contribution in [0.5, 0.6) is 5.75 Å². The van der Waals surface area contributed by atoms with Crippen molar-refractivity contribution < 1.29 is 13.9 Å². The minimum absolute atomic E-state index is 0.334. The maximum absolute atomic E-state index is 12.9. The number of nitrogens with two attached hydrogens (primary N) is 1. The summed E-state index contributed by atoms with van der Waals surface area (Å²) in [4.78, 5) is 16.5. The molecule has 128 valence electrons. The maximum atomic E-state index is 12.9. The molecule has 1 amide bonds. The average Bonchev–Trinajstić information content (AvgIpc) is 3.03. The minimum atomic E-state index is -0.748. The van der Waals surface area contributed by atoms with E-state index in [-0.39, 0.29) is 11.7 Å². The largest absolute Gasteiger partial charge is 0.480 e. The first-order valence-electron chi connectivity index (χ1n) is 7.56. The zero-order valence-corrected chi connectivity index (χ0v) is 14.2. The van der Waals surface area contributed by atoms with Crippen molar-refractivity contribution in [2.24, 2.45) is 0 Å². The summed E-state index contributed by atoms with van der Waals surface area (Å²) in [6, 6.07) is 12.9. The number of nitrogens with one attached hydrogen (secondary N) is 1. The number of nitrogen functional groups attached to an aromatic ring is 1. The summed E-state index contributed by atoms with van der Waals surface area (Å²) in [5, 5.41) is 4.99. The number of para-hydroxylation sites is 1. The van der Waals surface area contributed by atoms with E-state index in [1.54, 1.807) is 13.0 Å². The van der Waals surface area contributed by atoms with Gasteiger partial charge in [0.2, 0.25) is 0 Å². The smallest absolute Gasteiger partial charge is 0.265 e. The highest BCUT2D eigenvalue weighted by atomic mass is 32.1. The van der Waals surface area contributed by atoms with E-state index in [0.29, 0.717) is 22.3 Å². The Morgan fingerprint density at radius 1 is 1.24 bits per heavy atom. The zero-order chi connectivity index (χ0) is 17.8. The van der Waals surface area contributed by atoms with Gasteiger partial charge in [-0.05, 0) is 43.3 Å². The van der Waals surface area contributed by atoms with Crippen LogP contribution in [0.25, 0.3) is 11.3 Å². The fraction of sp³-hybridized carbons (Fsp3) is 0.111. The molecule has 0 aliphatic rings. The second kappa shape index (κ2) is 7.31. The van der Waals surface area contributed by atoms with Gasteiger partial charge in [-0.15, -0.1) is 11.3 Å². The fourth-order valence-corrected chi connectivity index (χ4v) is 2.78. The van der Waals surface area contributed by atoms with Crippen LogP contribution in [-0.4, -0.2) is 17.0 Å². The van der Waals surface area contributed by atoms with Crippen LogP contribution in [0.3, 0.4) is 0 Å². The molecule has 0 radical (unpaired) electrons. The van der Waals surface area contributed by atoms with Crippen LogP contribution in [0, 0.1) is 5.82 Å². The van der Waals surface area contributed by atoms with E-state index in [0.717, 1.165) is 5.56 Å². The molecular formula is C18H16FN3O2S. The molecule has 0 fully saturated rings. The van der Waals surface area contributed by atoms with Crippen LogP contribution in [0.15, 0.2) is 53.9 Å². The number of thiazole rings is 1. The van der Waals surface area contributed by atoms with Crippen LogP contribution < -0.4 is 15.8 Å². The molecule has 3 rings (SSSR count).